The molecule has 5 atom stereocenters. The normalized spacial score (nSPS) is 22.1. The van der Waals surface area contributed by atoms with Crippen molar-refractivity contribution in [1.29, 1.82) is 0 Å². The van der Waals surface area contributed by atoms with Crippen LogP contribution < -0.4 is 26.2 Å². The number of hydrogen-bond donors (Lipinski definition) is 3. The van der Waals surface area contributed by atoms with Crippen LogP contribution in [0.4, 0.5) is 33.9 Å². The summed E-state index contributed by atoms with van der Waals surface area (Å²) in [5.41, 5.74) is 3.57. The number of terminal acetylenes is 1. The van der Waals surface area contributed by atoms with Crippen molar-refractivity contribution in [2.45, 2.75) is 88.0 Å². The van der Waals surface area contributed by atoms with Gasteiger partial charge < -0.3 is 49.5 Å². The Morgan fingerprint density at radius 1 is 1.00 bits per heavy atom. The molecule has 4 N–H and O–H groups in total. The third-order valence-corrected chi connectivity index (χ3v) is 17.3. The fourth-order valence-corrected chi connectivity index (χ4v) is 13.3. The van der Waals surface area contributed by atoms with Gasteiger partial charge in [-0.2, -0.15) is 9.97 Å². The van der Waals surface area contributed by atoms with Crippen molar-refractivity contribution in [3.63, 3.8) is 0 Å². The zero-order valence-electron chi connectivity index (χ0n) is 45.1. The molecular formula is C60H52F4N10O10. The third-order valence-electron chi connectivity index (χ3n) is 17.3. The van der Waals surface area contributed by atoms with Gasteiger partial charge in [0.1, 0.15) is 66.9 Å². The summed E-state index contributed by atoms with van der Waals surface area (Å²) in [5, 5.41) is 14.3. The number of nitrogen functional groups attached to an aromatic ring is 1. The maximum Gasteiger partial charge on any atom is 0.407 e. The summed E-state index contributed by atoms with van der Waals surface area (Å²) in [6.07, 6.45) is 7.70. The highest BCUT2D eigenvalue weighted by molar-refractivity contribution is 6.03. The Bertz CT molecular complexity index is 4160. The standard InChI is InChI=1S/C60H52F4N10O10/c1-4-37-42(62)10-7-30-14-36(75)16-38(48(30)37)51-49(64)52-39(20-66-51)53(70-57(69-52)83-28-59-11-6-12-72(59)23-33(61)19-59)71-24-34-8-9-35(25-71)74(34)54(77)29(3)26-82-58(80)67-21-47(76)84-60(5-2)41-17-46-50-32(13-31-15-44(65)43(63)18-45(31)68-50)22-73(46)55(78)40(41)27-81-56(60)79/h1,7,10,13-18,20,33-35,75H,3,5-6,8-9,11-12,19,21-28,65H2,2H3,(H,67,80). The number of aromatic nitrogens is 5. The molecule has 0 spiro atoms. The van der Waals surface area contributed by atoms with Gasteiger partial charge in [-0.3, -0.25) is 24.3 Å². The Hall–Kier alpha value is -9.37. The molecule has 2 amide bonds. The summed E-state index contributed by atoms with van der Waals surface area (Å²) in [6.45, 7) is 5.22. The molecule has 4 fully saturated rings. The fourth-order valence-electron chi connectivity index (χ4n) is 13.3. The van der Waals surface area contributed by atoms with E-state index in [0.29, 0.717) is 53.5 Å². The number of alkyl carbamates (subject to hydrolysis) is 1. The highest BCUT2D eigenvalue weighted by Crippen LogP contribution is 2.45. The molecule has 0 saturated carbocycles. The van der Waals surface area contributed by atoms with Gasteiger partial charge in [0.2, 0.25) is 5.60 Å². The number of anilines is 2. The number of aromatic hydroxyl groups is 1. The number of cyclic esters (lactones) is 1. The molecule has 5 unspecified atom stereocenters. The number of benzene rings is 3. The summed E-state index contributed by atoms with van der Waals surface area (Å²) in [4.78, 5) is 92.5. The lowest BCUT2D eigenvalue weighted by Crippen LogP contribution is -2.56. The molecule has 3 aromatic carbocycles. The van der Waals surface area contributed by atoms with E-state index in [1.807, 2.05) is 4.90 Å². The highest BCUT2D eigenvalue weighted by atomic mass is 19.1. The Balaban J connectivity index is 0.698. The molecule has 13 rings (SSSR count). The van der Waals surface area contributed by atoms with E-state index in [4.69, 9.17) is 36.1 Å². The first-order valence-electron chi connectivity index (χ1n) is 27.4. The zero-order valence-corrected chi connectivity index (χ0v) is 45.1. The van der Waals surface area contributed by atoms with Crippen LogP contribution in [0.3, 0.4) is 0 Å². The second kappa shape index (κ2) is 20.2. The van der Waals surface area contributed by atoms with E-state index < -0.39 is 96.1 Å². The van der Waals surface area contributed by atoms with E-state index in [1.54, 1.807) is 17.9 Å². The molecule has 4 saturated heterocycles. The molecule has 2 bridgehead atoms. The first kappa shape index (κ1) is 53.9. The minimum absolute atomic E-state index is 0.0190. The lowest BCUT2D eigenvalue weighted by molar-refractivity contribution is -0.188. The molecule has 7 aromatic rings. The minimum atomic E-state index is -2.10. The predicted molar refractivity (Wildman–Crippen MR) is 295 cm³/mol. The number of nitrogens with two attached hydrogens (primary N) is 1. The van der Waals surface area contributed by atoms with Gasteiger partial charge in [-0.25, -0.2) is 32.1 Å². The number of ether oxygens (including phenoxy) is 4. The highest BCUT2D eigenvalue weighted by Gasteiger charge is 2.52. The van der Waals surface area contributed by atoms with Crippen molar-refractivity contribution in [2.75, 3.05) is 56.6 Å². The van der Waals surface area contributed by atoms with Crippen LogP contribution in [0.15, 0.2) is 71.7 Å². The third kappa shape index (κ3) is 8.73. The van der Waals surface area contributed by atoms with Crippen LogP contribution in [0.1, 0.15) is 67.7 Å². The summed E-state index contributed by atoms with van der Waals surface area (Å²) < 4.78 is 86.2. The molecule has 6 aliphatic heterocycles. The number of piperazine rings is 1. The summed E-state index contributed by atoms with van der Waals surface area (Å²) >= 11 is 0. The van der Waals surface area contributed by atoms with Gasteiger partial charge in [0.15, 0.2) is 5.82 Å². The second-order valence-corrected chi connectivity index (χ2v) is 22.2. The molecule has 4 aromatic heterocycles. The summed E-state index contributed by atoms with van der Waals surface area (Å²) in [6, 6.07) is 10.1. The van der Waals surface area contributed by atoms with Crippen LogP contribution in [0, 0.1) is 29.8 Å². The number of hydrogen-bond acceptors (Lipinski definition) is 17. The topological polar surface area (TPSA) is 247 Å². The first-order chi connectivity index (χ1) is 40.4. The van der Waals surface area contributed by atoms with Crippen molar-refractivity contribution >= 4 is 68.0 Å². The number of fused-ring (bicyclic) bond motifs is 10. The number of phenolic OH excluding ortho intramolecular Hbond substituents is 1. The molecule has 0 radical (unpaired) electrons. The molecule has 6 aliphatic rings. The average Bonchev–Trinajstić information content (AvgIpc) is 1.78. The SMILES string of the molecule is C#Cc1c(F)ccc2cc(O)cc(-c3ncc4c(N5CC6CCC(C5)N6C(=O)C(=C)COC(=O)NCC(=O)OC5(CC)C(=O)OCc6c5cc5n(c6=O)Cc6cc7cc(N)c(F)cc7nc6-5)nc(OCC56CCCN5CC(F)C6)nc4c3F)c12. The van der Waals surface area contributed by atoms with E-state index in [9.17, 15) is 37.9 Å². The van der Waals surface area contributed by atoms with Crippen molar-refractivity contribution in [3.05, 3.63) is 117 Å². The maximum atomic E-state index is 17.4. The first-order valence-corrected chi connectivity index (χ1v) is 27.4. The number of nitrogens with one attached hydrogen (secondary N) is 1. The van der Waals surface area contributed by atoms with Crippen LogP contribution in [0.25, 0.3) is 55.2 Å². The largest absolute Gasteiger partial charge is 0.508 e. The van der Waals surface area contributed by atoms with E-state index in [-0.39, 0.29) is 124 Å². The number of amides is 2. The number of halogens is 4. The Morgan fingerprint density at radius 3 is 2.57 bits per heavy atom. The number of esters is 2. The zero-order chi connectivity index (χ0) is 58.7. The van der Waals surface area contributed by atoms with Gasteiger partial charge in [0, 0.05) is 71.4 Å². The molecular weight excluding hydrogens is 1100 g/mol. The van der Waals surface area contributed by atoms with Gasteiger partial charge in [0.05, 0.1) is 63.3 Å². The monoisotopic (exact) mass is 1150 g/mol. The van der Waals surface area contributed by atoms with E-state index in [0.717, 1.165) is 12.5 Å². The van der Waals surface area contributed by atoms with Crippen LogP contribution in [0.2, 0.25) is 0 Å². The van der Waals surface area contributed by atoms with Gasteiger partial charge in [0.25, 0.3) is 11.5 Å². The number of pyridine rings is 3. The van der Waals surface area contributed by atoms with Crippen molar-refractivity contribution in [2.24, 2.45) is 0 Å². The smallest absolute Gasteiger partial charge is 0.407 e. The van der Waals surface area contributed by atoms with Crippen molar-refractivity contribution in [1.82, 2.24) is 39.6 Å². The molecule has 10 heterocycles. The van der Waals surface area contributed by atoms with Crippen LogP contribution in [-0.2, 0) is 47.3 Å². The number of carbonyl (C=O) groups excluding carboxylic acids is 4. The predicted octanol–water partition coefficient (Wildman–Crippen LogP) is 6.59. The van der Waals surface area contributed by atoms with Crippen LogP contribution in [-0.4, -0.2) is 133 Å². The second-order valence-electron chi connectivity index (χ2n) is 22.2. The summed E-state index contributed by atoms with van der Waals surface area (Å²) in [5.74, 6) is -2.52. The van der Waals surface area contributed by atoms with Crippen molar-refractivity contribution < 1.29 is 60.8 Å². The molecule has 84 heavy (non-hydrogen) atoms. The number of alkyl halides is 1. The van der Waals surface area contributed by atoms with Crippen molar-refractivity contribution in [3.8, 4) is 46.7 Å². The van der Waals surface area contributed by atoms with Crippen LogP contribution in [0.5, 0.6) is 11.8 Å². The van der Waals surface area contributed by atoms with Gasteiger partial charge in [-0.15, -0.1) is 6.42 Å². The minimum Gasteiger partial charge on any atom is -0.508 e. The lowest BCUT2D eigenvalue weighted by Gasteiger charge is -2.42. The van der Waals surface area contributed by atoms with Gasteiger partial charge in [-0.1, -0.05) is 25.5 Å². The maximum absolute atomic E-state index is 17.4. The number of carbonyl (C=O) groups is 4. The Kier molecular flexibility index (Phi) is 13.0. The van der Waals surface area contributed by atoms with Gasteiger partial charge in [-0.05, 0) is 80.4 Å². The Morgan fingerprint density at radius 2 is 1.80 bits per heavy atom. The average molecular weight is 1150 g/mol. The molecule has 0 aliphatic carbocycles. The molecule has 24 heteroatoms. The number of rotatable bonds is 12. The van der Waals surface area contributed by atoms with E-state index in [1.165, 1.54) is 47.2 Å². The fraction of sp³-hybridized carbons (Fsp3) is 0.350. The quantitative estimate of drug-likeness (QED) is 0.0291. The summed E-state index contributed by atoms with van der Waals surface area (Å²) in [7, 11) is 0. The van der Waals surface area contributed by atoms with Crippen LogP contribution >= 0.6 is 0 Å². The van der Waals surface area contributed by atoms with E-state index in [2.05, 4.69) is 37.7 Å². The number of phenols is 1. The number of nitrogens with zero attached hydrogens (tertiary/aromatic N) is 8. The van der Waals surface area contributed by atoms with Gasteiger partial charge >= 0.3 is 24.0 Å². The Labute approximate surface area is 475 Å². The molecule has 20 nitrogen and oxygen atoms in total. The van der Waals surface area contributed by atoms with E-state index >= 15 is 8.78 Å². The molecule has 430 valence electrons. The lowest BCUT2D eigenvalue weighted by atomic mass is 9.85.